The number of methoxy groups -OCH3 is 2. The fourth-order valence-electron chi connectivity index (χ4n) is 1.66. The zero-order valence-corrected chi connectivity index (χ0v) is 12.1. The van der Waals surface area contributed by atoms with Crippen LogP contribution in [0.3, 0.4) is 0 Å². The topological polar surface area (TPSA) is 54.9 Å². The van der Waals surface area contributed by atoms with Crippen LogP contribution in [0.15, 0.2) is 23.2 Å². The van der Waals surface area contributed by atoms with Crippen LogP contribution in [-0.2, 0) is 6.54 Å². The largest absolute Gasteiger partial charge is 0.493 e. The van der Waals surface area contributed by atoms with E-state index in [1.165, 1.54) is 0 Å². The molecule has 0 heterocycles. The van der Waals surface area contributed by atoms with Crippen LogP contribution in [0.1, 0.15) is 19.4 Å². The number of guanidine groups is 1. The van der Waals surface area contributed by atoms with Gasteiger partial charge in [-0.3, -0.25) is 0 Å². The molecule has 0 fully saturated rings. The molecule has 0 aromatic heterocycles. The molecule has 0 atom stereocenters. The number of nitrogens with one attached hydrogen (secondary N) is 2. The van der Waals surface area contributed by atoms with E-state index in [2.05, 4.69) is 15.6 Å². The van der Waals surface area contributed by atoms with Crippen LogP contribution >= 0.6 is 0 Å². The van der Waals surface area contributed by atoms with Crippen LogP contribution in [0, 0.1) is 0 Å². The van der Waals surface area contributed by atoms with Crippen molar-refractivity contribution in [3.63, 3.8) is 0 Å². The lowest BCUT2D eigenvalue weighted by Gasteiger charge is -2.10. The number of rotatable bonds is 6. The van der Waals surface area contributed by atoms with Crippen LogP contribution in [0.25, 0.3) is 0 Å². The number of hydrogen-bond donors (Lipinski definition) is 2. The highest BCUT2D eigenvalue weighted by atomic mass is 16.5. The summed E-state index contributed by atoms with van der Waals surface area (Å²) in [5.41, 5.74) is 1.07. The van der Waals surface area contributed by atoms with Gasteiger partial charge in [0, 0.05) is 13.1 Å². The van der Waals surface area contributed by atoms with E-state index in [0.29, 0.717) is 6.54 Å². The quantitative estimate of drug-likeness (QED) is 0.608. The van der Waals surface area contributed by atoms with Crippen molar-refractivity contribution in [3.05, 3.63) is 23.8 Å². The third-order valence-corrected chi connectivity index (χ3v) is 2.56. The summed E-state index contributed by atoms with van der Waals surface area (Å²) in [7, 11) is 3.26. The molecule has 0 spiro atoms. The second-order valence-electron chi connectivity index (χ2n) is 3.91. The van der Waals surface area contributed by atoms with Gasteiger partial charge in [0.2, 0.25) is 0 Å². The monoisotopic (exact) mass is 265 g/mol. The van der Waals surface area contributed by atoms with E-state index in [1.807, 2.05) is 32.0 Å². The van der Waals surface area contributed by atoms with E-state index in [9.17, 15) is 0 Å². The lowest BCUT2D eigenvalue weighted by molar-refractivity contribution is 0.354. The Morgan fingerprint density at radius 2 is 1.68 bits per heavy atom. The molecule has 0 saturated heterocycles. The minimum absolute atomic E-state index is 0.593. The van der Waals surface area contributed by atoms with Crippen molar-refractivity contribution < 1.29 is 9.47 Å². The molecule has 0 amide bonds. The fraction of sp³-hybridized carbons (Fsp3) is 0.500. The molecule has 106 valence electrons. The summed E-state index contributed by atoms with van der Waals surface area (Å²) in [6, 6.07) is 5.82. The molecule has 5 heteroatoms. The van der Waals surface area contributed by atoms with Crippen molar-refractivity contribution in [3.8, 4) is 11.5 Å². The number of aliphatic imine (C=N–C) groups is 1. The molecule has 19 heavy (non-hydrogen) atoms. The molecule has 0 aliphatic carbocycles. The summed E-state index contributed by atoms with van der Waals surface area (Å²) in [6.07, 6.45) is 0. The normalized spacial score (nSPS) is 9.68. The Hall–Kier alpha value is -1.91. The van der Waals surface area contributed by atoms with Crippen LogP contribution in [0.2, 0.25) is 0 Å². The Morgan fingerprint density at radius 1 is 1.05 bits per heavy atom. The molecule has 0 bridgehead atoms. The number of hydrogen-bond acceptors (Lipinski definition) is 3. The van der Waals surface area contributed by atoms with Crippen LogP contribution < -0.4 is 20.1 Å². The van der Waals surface area contributed by atoms with Crippen molar-refractivity contribution in [2.75, 3.05) is 27.3 Å². The second kappa shape index (κ2) is 8.24. The molecule has 1 rings (SSSR count). The molecule has 5 nitrogen and oxygen atoms in total. The average Bonchev–Trinajstić information content (AvgIpc) is 2.44. The van der Waals surface area contributed by atoms with Gasteiger partial charge >= 0.3 is 0 Å². The van der Waals surface area contributed by atoms with E-state index in [4.69, 9.17) is 9.47 Å². The van der Waals surface area contributed by atoms with Crippen molar-refractivity contribution in [2.45, 2.75) is 20.4 Å². The highest BCUT2D eigenvalue weighted by Crippen LogP contribution is 2.27. The number of benzene rings is 1. The molecule has 0 saturated carbocycles. The zero-order chi connectivity index (χ0) is 14.1. The Morgan fingerprint density at radius 3 is 2.21 bits per heavy atom. The summed E-state index contributed by atoms with van der Waals surface area (Å²) in [4.78, 5) is 4.50. The van der Waals surface area contributed by atoms with E-state index in [1.54, 1.807) is 14.2 Å². The zero-order valence-electron chi connectivity index (χ0n) is 12.1. The van der Waals surface area contributed by atoms with Gasteiger partial charge in [0.05, 0.1) is 20.8 Å². The summed E-state index contributed by atoms with van der Waals surface area (Å²) < 4.78 is 10.5. The van der Waals surface area contributed by atoms with Gasteiger partial charge in [-0.1, -0.05) is 6.07 Å². The smallest absolute Gasteiger partial charge is 0.191 e. The first-order valence-electron chi connectivity index (χ1n) is 6.48. The molecule has 1 aromatic rings. The van der Waals surface area contributed by atoms with Crippen molar-refractivity contribution in [1.29, 1.82) is 0 Å². The van der Waals surface area contributed by atoms with Crippen LogP contribution in [-0.4, -0.2) is 33.3 Å². The Kier molecular flexibility index (Phi) is 6.57. The van der Waals surface area contributed by atoms with Gasteiger partial charge in [0.1, 0.15) is 0 Å². The predicted octanol–water partition coefficient (Wildman–Crippen LogP) is 1.78. The second-order valence-corrected chi connectivity index (χ2v) is 3.91. The van der Waals surface area contributed by atoms with Gasteiger partial charge < -0.3 is 20.1 Å². The maximum Gasteiger partial charge on any atom is 0.191 e. The van der Waals surface area contributed by atoms with Gasteiger partial charge in [-0.2, -0.15) is 0 Å². The Bertz CT molecular complexity index is 411. The highest BCUT2D eigenvalue weighted by Gasteiger charge is 2.04. The molecular formula is C14H23N3O2. The van der Waals surface area contributed by atoms with Crippen molar-refractivity contribution in [1.82, 2.24) is 10.6 Å². The maximum absolute atomic E-state index is 5.27. The number of ether oxygens (including phenoxy) is 2. The minimum atomic E-state index is 0.593. The first kappa shape index (κ1) is 15.1. The average molecular weight is 265 g/mol. The van der Waals surface area contributed by atoms with Crippen LogP contribution in [0.4, 0.5) is 0 Å². The SMILES string of the molecule is CCNC(=NCc1ccc(OC)c(OC)c1)NCC. The van der Waals surface area contributed by atoms with E-state index >= 15 is 0 Å². The van der Waals surface area contributed by atoms with Crippen molar-refractivity contribution >= 4 is 5.96 Å². The molecule has 0 radical (unpaired) electrons. The lowest BCUT2D eigenvalue weighted by Crippen LogP contribution is -2.36. The van der Waals surface area contributed by atoms with E-state index < -0.39 is 0 Å². The fourth-order valence-corrected chi connectivity index (χ4v) is 1.66. The summed E-state index contributed by atoms with van der Waals surface area (Å²) in [5, 5.41) is 6.38. The summed E-state index contributed by atoms with van der Waals surface area (Å²) >= 11 is 0. The highest BCUT2D eigenvalue weighted by molar-refractivity contribution is 5.79. The van der Waals surface area contributed by atoms with Gasteiger partial charge in [-0.15, -0.1) is 0 Å². The molecule has 0 aliphatic heterocycles. The van der Waals surface area contributed by atoms with Gasteiger partial charge in [0.25, 0.3) is 0 Å². The van der Waals surface area contributed by atoms with Gasteiger partial charge in [0.15, 0.2) is 17.5 Å². The standard InChI is InChI=1S/C14H23N3O2/c1-5-15-14(16-6-2)17-10-11-7-8-12(18-3)13(9-11)19-4/h7-9H,5-6,10H2,1-4H3,(H2,15,16,17). The molecular weight excluding hydrogens is 242 g/mol. The van der Waals surface area contributed by atoms with Gasteiger partial charge in [-0.05, 0) is 31.5 Å². The third kappa shape index (κ3) is 4.69. The number of nitrogens with zero attached hydrogens (tertiary/aromatic N) is 1. The van der Waals surface area contributed by atoms with E-state index in [0.717, 1.165) is 36.1 Å². The molecule has 2 N–H and O–H groups in total. The lowest BCUT2D eigenvalue weighted by atomic mass is 10.2. The maximum atomic E-state index is 5.27. The third-order valence-electron chi connectivity index (χ3n) is 2.56. The minimum Gasteiger partial charge on any atom is -0.493 e. The first-order valence-corrected chi connectivity index (χ1v) is 6.48. The van der Waals surface area contributed by atoms with Gasteiger partial charge in [-0.25, -0.2) is 4.99 Å². The predicted molar refractivity (Wildman–Crippen MR) is 78.0 cm³/mol. The molecule has 0 unspecified atom stereocenters. The molecule has 1 aromatic carbocycles. The van der Waals surface area contributed by atoms with Crippen molar-refractivity contribution in [2.24, 2.45) is 4.99 Å². The van der Waals surface area contributed by atoms with Crippen LogP contribution in [0.5, 0.6) is 11.5 Å². The molecule has 0 aliphatic rings. The first-order chi connectivity index (χ1) is 9.24. The Balaban J connectivity index is 2.78. The Labute approximate surface area is 115 Å². The van der Waals surface area contributed by atoms with E-state index in [-0.39, 0.29) is 0 Å². The summed E-state index contributed by atoms with van der Waals surface area (Å²) in [5.74, 6) is 2.28. The summed E-state index contributed by atoms with van der Waals surface area (Å²) in [6.45, 7) is 6.37.